The number of aliphatic hydroxyl groups excluding tert-OH is 1. The molecule has 2 fully saturated rings. The van der Waals surface area contributed by atoms with Crippen molar-refractivity contribution in [3.63, 3.8) is 0 Å². The maximum absolute atomic E-state index is 12.4. The number of hydrogen-bond acceptors (Lipinski definition) is 3. The number of carbonyl (C=O) groups excluding carboxylic acids is 1. The monoisotopic (exact) mass is 226 g/mol. The summed E-state index contributed by atoms with van der Waals surface area (Å²) in [4.78, 5) is 14.3. The molecule has 92 valence electrons. The van der Waals surface area contributed by atoms with Crippen LogP contribution in [0.15, 0.2) is 0 Å². The van der Waals surface area contributed by atoms with E-state index in [2.05, 4.69) is 12.2 Å². The first-order valence-corrected chi connectivity index (χ1v) is 6.38. The van der Waals surface area contributed by atoms with Crippen LogP contribution in [-0.4, -0.2) is 47.7 Å². The lowest BCUT2D eigenvalue weighted by molar-refractivity contribution is -0.140. The molecule has 0 aromatic carbocycles. The molecule has 4 heteroatoms. The van der Waals surface area contributed by atoms with E-state index in [9.17, 15) is 4.79 Å². The molecule has 1 saturated carbocycles. The van der Waals surface area contributed by atoms with Crippen LogP contribution >= 0.6 is 0 Å². The molecule has 1 amide bonds. The average molecular weight is 226 g/mol. The molecule has 0 aromatic heterocycles. The first kappa shape index (κ1) is 11.9. The fourth-order valence-electron chi connectivity index (χ4n) is 2.69. The Hall–Kier alpha value is -0.610. The van der Waals surface area contributed by atoms with Gasteiger partial charge < -0.3 is 15.3 Å². The predicted octanol–water partition coefficient (Wildman–Crippen LogP) is 0.358. The zero-order valence-electron chi connectivity index (χ0n) is 9.98. The lowest BCUT2D eigenvalue weighted by Crippen LogP contribution is -2.49. The van der Waals surface area contributed by atoms with Crippen molar-refractivity contribution < 1.29 is 9.90 Å². The van der Waals surface area contributed by atoms with Gasteiger partial charge in [0.2, 0.25) is 5.91 Å². The van der Waals surface area contributed by atoms with Gasteiger partial charge in [-0.2, -0.15) is 0 Å². The number of amides is 1. The van der Waals surface area contributed by atoms with Crippen LogP contribution < -0.4 is 5.32 Å². The number of nitrogens with one attached hydrogen (secondary N) is 1. The first-order valence-electron chi connectivity index (χ1n) is 6.38. The zero-order chi connectivity index (χ0) is 11.5. The highest BCUT2D eigenvalue weighted by molar-refractivity contribution is 5.80. The van der Waals surface area contributed by atoms with E-state index in [1.54, 1.807) is 0 Å². The van der Waals surface area contributed by atoms with E-state index in [1.807, 2.05) is 4.90 Å². The van der Waals surface area contributed by atoms with Crippen molar-refractivity contribution in [1.82, 2.24) is 10.2 Å². The highest BCUT2D eigenvalue weighted by Crippen LogP contribution is 2.28. The predicted molar refractivity (Wildman–Crippen MR) is 62.0 cm³/mol. The third kappa shape index (κ3) is 2.23. The molecular weight excluding hydrogens is 204 g/mol. The van der Waals surface area contributed by atoms with Gasteiger partial charge >= 0.3 is 0 Å². The fourth-order valence-corrected chi connectivity index (χ4v) is 2.69. The van der Waals surface area contributed by atoms with Crippen molar-refractivity contribution >= 4 is 5.91 Å². The molecule has 0 aromatic rings. The largest absolute Gasteiger partial charge is 0.395 e. The van der Waals surface area contributed by atoms with Gasteiger partial charge in [0.25, 0.3) is 0 Å². The molecule has 1 aliphatic heterocycles. The smallest absolute Gasteiger partial charge is 0.227 e. The second kappa shape index (κ2) is 5.15. The topological polar surface area (TPSA) is 52.6 Å². The van der Waals surface area contributed by atoms with Gasteiger partial charge in [0.15, 0.2) is 0 Å². The van der Waals surface area contributed by atoms with Crippen LogP contribution in [0.3, 0.4) is 0 Å². The van der Waals surface area contributed by atoms with Gasteiger partial charge in [-0.1, -0.05) is 0 Å². The molecule has 16 heavy (non-hydrogen) atoms. The molecule has 2 atom stereocenters. The van der Waals surface area contributed by atoms with Gasteiger partial charge in [0.05, 0.1) is 12.5 Å². The van der Waals surface area contributed by atoms with E-state index in [-0.39, 0.29) is 24.5 Å². The summed E-state index contributed by atoms with van der Waals surface area (Å²) in [6.07, 6.45) is 4.38. The van der Waals surface area contributed by atoms with Crippen molar-refractivity contribution in [3.8, 4) is 0 Å². The van der Waals surface area contributed by atoms with Crippen LogP contribution in [0.1, 0.15) is 32.6 Å². The lowest BCUT2D eigenvalue weighted by atomic mass is 9.89. The quantitative estimate of drug-likeness (QED) is 0.727. The molecule has 1 heterocycles. The Morgan fingerprint density at radius 2 is 2.19 bits per heavy atom. The van der Waals surface area contributed by atoms with E-state index >= 15 is 0 Å². The van der Waals surface area contributed by atoms with Crippen LogP contribution in [0.4, 0.5) is 0 Å². The Balaban J connectivity index is 1.98. The standard InChI is InChI=1S/C12H22N2O2/c1-9-11(5-6-13-9)12(16)14(7-8-15)10-3-2-4-10/h9-11,13,15H,2-8H2,1H3. The lowest BCUT2D eigenvalue weighted by Gasteiger charge is -2.39. The minimum absolute atomic E-state index is 0.0801. The maximum Gasteiger partial charge on any atom is 0.227 e. The summed E-state index contributed by atoms with van der Waals surface area (Å²) >= 11 is 0. The van der Waals surface area contributed by atoms with E-state index < -0.39 is 0 Å². The molecule has 0 bridgehead atoms. The van der Waals surface area contributed by atoms with Crippen LogP contribution in [0.2, 0.25) is 0 Å². The summed E-state index contributed by atoms with van der Waals surface area (Å²) in [5.74, 6) is 0.364. The van der Waals surface area contributed by atoms with Crippen molar-refractivity contribution in [1.29, 1.82) is 0 Å². The van der Waals surface area contributed by atoms with Crippen molar-refractivity contribution in [3.05, 3.63) is 0 Å². The SMILES string of the molecule is CC1NCCC1C(=O)N(CCO)C1CCC1. The highest BCUT2D eigenvalue weighted by atomic mass is 16.3. The summed E-state index contributed by atoms with van der Waals surface area (Å²) in [6.45, 7) is 3.60. The van der Waals surface area contributed by atoms with Gasteiger partial charge in [-0.05, 0) is 39.2 Å². The molecule has 2 N–H and O–H groups in total. The van der Waals surface area contributed by atoms with E-state index in [0.29, 0.717) is 12.6 Å². The molecule has 1 aliphatic carbocycles. The summed E-state index contributed by atoms with van der Waals surface area (Å²) in [6, 6.07) is 0.682. The van der Waals surface area contributed by atoms with Gasteiger partial charge in [-0.15, -0.1) is 0 Å². The molecular formula is C12H22N2O2. The zero-order valence-corrected chi connectivity index (χ0v) is 9.98. The minimum atomic E-state index is 0.0801. The Morgan fingerprint density at radius 3 is 2.62 bits per heavy atom. The molecule has 0 spiro atoms. The Kier molecular flexibility index (Phi) is 3.82. The molecule has 0 radical (unpaired) electrons. The van der Waals surface area contributed by atoms with Gasteiger partial charge in [0, 0.05) is 18.6 Å². The van der Waals surface area contributed by atoms with Crippen molar-refractivity contribution in [2.45, 2.75) is 44.7 Å². The minimum Gasteiger partial charge on any atom is -0.395 e. The van der Waals surface area contributed by atoms with Crippen molar-refractivity contribution in [2.75, 3.05) is 19.7 Å². The third-order valence-electron chi connectivity index (χ3n) is 3.98. The van der Waals surface area contributed by atoms with E-state index in [0.717, 1.165) is 25.8 Å². The second-order valence-corrected chi connectivity index (χ2v) is 4.98. The van der Waals surface area contributed by atoms with Crippen LogP contribution in [0, 0.1) is 5.92 Å². The Labute approximate surface area is 97.0 Å². The number of rotatable bonds is 4. The Bertz CT molecular complexity index is 253. The van der Waals surface area contributed by atoms with Crippen LogP contribution in [0.5, 0.6) is 0 Å². The number of carbonyl (C=O) groups is 1. The third-order valence-corrected chi connectivity index (χ3v) is 3.98. The second-order valence-electron chi connectivity index (χ2n) is 4.98. The van der Waals surface area contributed by atoms with Crippen LogP contribution in [0.25, 0.3) is 0 Å². The van der Waals surface area contributed by atoms with Gasteiger partial charge in [0.1, 0.15) is 0 Å². The summed E-state index contributed by atoms with van der Waals surface area (Å²) < 4.78 is 0. The molecule has 1 saturated heterocycles. The summed E-state index contributed by atoms with van der Waals surface area (Å²) in [5, 5.41) is 12.4. The van der Waals surface area contributed by atoms with Gasteiger partial charge in [-0.3, -0.25) is 4.79 Å². The fraction of sp³-hybridized carbons (Fsp3) is 0.917. The van der Waals surface area contributed by atoms with Crippen LogP contribution in [-0.2, 0) is 4.79 Å². The molecule has 2 rings (SSSR count). The maximum atomic E-state index is 12.4. The first-order chi connectivity index (χ1) is 7.74. The number of aliphatic hydroxyl groups is 1. The normalized spacial score (nSPS) is 30.1. The van der Waals surface area contributed by atoms with E-state index in [4.69, 9.17) is 5.11 Å². The number of nitrogens with zero attached hydrogens (tertiary/aromatic N) is 1. The number of hydrogen-bond donors (Lipinski definition) is 2. The highest BCUT2D eigenvalue weighted by Gasteiger charge is 2.36. The summed E-state index contributed by atoms with van der Waals surface area (Å²) in [5.41, 5.74) is 0. The molecule has 2 aliphatic rings. The molecule has 2 unspecified atom stereocenters. The van der Waals surface area contributed by atoms with E-state index in [1.165, 1.54) is 6.42 Å². The van der Waals surface area contributed by atoms with Gasteiger partial charge in [-0.25, -0.2) is 0 Å². The average Bonchev–Trinajstić information content (AvgIpc) is 2.60. The van der Waals surface area contributed by atoms with Crippen molar-refractivity contribution in [2.24, 2.45) is 5.92 Å². The molecule has 4 nitrogen and oxygen atoms in total. The Morgan fingerprint density at radius 1 is 1.44 bits per heavy atom. The summed E-state index contributed by atoms with van der Waals surface area (Å²) in [7, 11) is 0.